The van der Waals surface area contributed by atoms with Crippen LogP contribution in [0.5, 0.6) is 0 Å². The number of hydrogen-bond acceptors (Lipinski definition) is 4. The fourth-order valence-electron chi connectivity index (χ4n) is 3.91. The van der Waals surface area contributed by atoms with E-state index in [9.17, 15) is 9.90 Å². The van der Waals surface area contributed by atoms with E-state index in [1.807, 2.05) is 36.4 Å². The maximum atomic E-state index is 12.6. The fourth-order valence-corrected chi connectivity index (χ4v) is 4.48. The van der Waals surface area contributed by atoms with Crippen LogP contribution < -0.4 is 0 Å². The number of Topliss-reactive ketones (excluding diaryl/α,β-unsaturated/α-hetero) is 1. The van der Waals surface area contributed by atoms with Crippen molar-refractivity contribution in [1.29, 1.82) is 0 Å². The van der Waals surface area contributed by atoms with Gasteiger partial charge in [0.05, 0.1) is 6.10 Å². The van der Waals surface area contributed by atoms with E-state index in [0.717, 1.165) is 43.2 Å². The van der Waals surface area contributed by atoms with E-state index in [1.54, 1.807) is 11.3 Å². The third-order valence-electron chi connectivity index (χ3n) is 5.43. The van der Waals surface area contributed by atoms with E-state index in [1.165, 1.54) is 4.88 Å². The molecule has 5 heteroatoms. The van der Waals surface area contributed by atoms with Crippen molar-refractivity contribution in [3.8, 4) is 0 Å². The molecule has 0 spiro atoms. The Morgan fingerprint density at radius 1 is 1.29 bits per heavy atom. The number of ether oxygens (including phenoxy) is 1. The molecule has 1 radical (unpaired) electrons. The molecule has 3 rings (SSSR count). The first-order chi connectivity index (χ1) is 13.2. The second-order valence-corrected chi connectivity index (χ2v) is 8.42. The van der Waals surface area contributed by atoms with Crippen LogP contribution in [0.4, 0.5) is 0 Å². The van der Waals surface area contributed by atoms with Gasteiger partial charge >= 0.3 is 0 Å². The maximum Gasteiger partial charge on any atom is 0.140 e. The average molecular weight is 474 g/mol. The number of aliphatic hydroxyl groups excluding tert-OH is 1. The SMILES string of the molecule is CCCCC(O)c1ccc(C2C(=O)CCCC2COCc2cc[c-]s2)cc1.[Y]. The van der Waals surface area contributed by atoms with Gasteiger partial charge in [-0.3, -0.25) is 16.1 Å². The molecule has 3 atom stereocenters. The number of hydrogen-bond donors (Lipinski definition) is 1. The van der Waals surface area contributed by atoms with Crippen molar-refractivity contribution in [2.24, 2.45) is 5.92 Å². The van der Waals surface area contributed by atoms with Crippen molar-refractivity contribution in [2.75, 3.05) is 6.61 Å². The number of carbonyl (C=O) groups is 1. The Labute approximate surface area is 197 Å². The van der Waals surface area contributed by atoms with Crippen LogP contribution in [0.2, 0.25) is 0 Å². The molecule has 1 heterocycles. The summed E-state index contributed by atoms with van der Waals surface area (Å²) in [4.78, 5) is 13.8. The van der Waals surface area contributed by atoms with E-state index in [-0.39, 0.29) is 44.5 Å². The molecule has 0 saturated heterocycles. The van der Waals surface area contributed by atoms with Crippen LogP contribution in [0.1, 0.15) is 73.5 Å². The zero-order valence-electron chi connectivity index (χ0n) is 16.6. The summed E-state index contributed by atoms with van der Waals surface area (Å²) in [5.74, 6) is 0.458. The molecule has 1 aliphatic rings. The molecule has 1 saturated carbocycles. The second kappa shape index (κ2) is 12.3. The number of ketones is 1. The molecule has 1 aliphatic carbocycles. The Morgan fingerprint density at radius 2 is 2.07 bits per heavy atom. The third-order valence-corrected chi connectivity index (χ3v) is 6.20. The van der Waals surface area contributed by atoms with E-state index in [2.05, 4.69) is 12.3 Å². The van der Waals surface area contributed by atoms with Crippen LogP contribution in [-0.4, -0.2) is 17.5 Å². The largest absolute Gasteiger partial charge is 0.389 e. The minimum Gasteiger partial charge on any atom is -0.389 e. The minimum atomic E-state index is -0.414. The Balaban J connectivity index is 0.00000280. The monoisotopic (exact) mass is 474 g/mol. The van der Waals surface area contributed by atoms with Gasteiger partial charge in [0.2, 0.25) is 0 Å². The number of aliphatic hydroxyl groups is 1. The van der Waals surface area contributed by atoms with Gasteiger partial charge in [0.15, 0.2) is 0 Å². The van der Waals surface area contributed by atoms with E-state index < -0.39 is 6.10 Å². The molecule has 0 bridgehead atoms. The zero-order valence-corrected chi connectivity index (χ0v) is 20.3. The number of carbonyl (C=O) groups excluding carboxylic acids is 1. The van der Waals surface area contributed by atoms with Gasteiger partial charge in [-0.25, -0.2) is 0 Å². The normalized spacial score (nSPS) is 20.6. The summed E-state index contributed by atoms with van der Waals surface area (Å²) < 4.78 is 5.92. The molecule has 1 N–H and O–H groups in total. The molecular weight excluding hydrogens is 445 g/mol. The van der Waals surface area contributed by atoms with Crippen LogP contribution in [0.3, 0.4) is 0 Å². The van der Waals surface area contributed by atoms with Crippen LogP contribution in [-0.2, 0) is 48.8 Å². The van der Waals surface area contributed by atoms with Gasteiger partial charge in [0.1, 0.15) is 5.78 Å². The summed E-state index contributed by atoms with van der Waals surface area (Å²) in [7, 11) is 0. The fraction of sp³-hybridized carbons (Fsp3) is 0.522. The van der Waals surface area contributed by atoms with Gasteiger partial charge in [-0.1, -0.05) is 44.0 Å². The molecule has 0 aliphatic heterocycles. The van der Waals surface area contributed by atoms with E-state index >= 15 is 0 Å². The van der Waals surface area contributed by atoms with Crippen molar-refractivity contribution in [2.45, 2.75) is 64.1 Å². The summed E-state index contributed by atoms with van der Waals surface area (Å²) >= 11 is 1.58. The predicted molar refractivity (Wildman–Crippen MR) is 109 cm³/mol. The second-order valence-electron chi connectivity index (χ2n) is 7.46. The van der Waals surface area contributed by atoms with Crippen molar-refractivity contribution >= 4 is 17.1 Å². The summed E-state index contributed by atoms with van der Waals surface area (Å²) in [5, 5.41) is 13.3. The molecule has 0 amide bonds. The van der Waals surface area contributed by atoms with Crippen LogP contribution in [0.25, 0.3) is 0 Å². The predicted octanol–water partition coefficient (Wildman–Crippen LogP) is 5.44. The van der Waals surface area contributed by atoms with E-state index in [0.29, 0.717) is 25.4 Å². The molecular formula is C23H29O3SY-. The van der Waals surface area contributed by atoms with Crippen LogP contribution in [0, 0.1) is 11.3 Å². The Morgan fingerprint density at radius 3 is 2.75 bits per heavy atom. The molecule has 1 fully saturated rings. The van der Waals surface area contributed by atoms with Gasteiger partial charge in [0.25, 0.3) is 0 Å². The summed E-state index contributed by atoms with van der Waals surface area (Å²) in [5.41, 5.74) is 2.00. The van der Waals surface area contributed by atoms with Gasteiger partial charge < -0.3 is 9.84 Å². The van der Waals surface area contributed by atoms with E-state index in [4.69, 9.17) is 4.74 Å². The number of thiophene rings is 1. The molecule has 3 unspecified atom stereocenters. The van der Waals surface area contributed by atoms with Crippen molar-refractivity contribution in [1.82, 2.24) is 0 Å². The first-order valence-corrected chi connectivity index (χ1v) is 10.8. The summed E-state index contributed by atoms with van der Waals surface area (Å²) in [6, 6.07) is 12.0. The first kappa shape index (κ1) is 23.9. The first-order valence-electron chi connectivity index (χ1n) is 10.0. The minimum absolute atomic E-state index is 0. The smallest absolute Gasteiger partial charge is 0.140 e. The quantitative estimate of drug-likeness (QED) is 0.493. The summed E-state index contributed by atoms with van der Waals surface area (Å²) in [6.07, 6.45) is 5.10. The molecule has 1 aromatic heterocycles. The molecule has 2 aromatic rings. The van der Waals surface area contributed by atoms with Crippen LogP contribution in [0.15, 0.2) is 36.4 Å². The molecule has 3 nitrogen and oxygen atoms in total. The van der Waals surface area contributed by atoms with Crippen LogP contribution >= 0.6 is 11.3 Å². The standard InChI is InChI=1S/C23H29O3S.Y/c1-2-3-8-21(24)17-10-12-18(13-11-17)23-19(6-4-9-22(23)25)15-26-16-20-7-5-14-27-20;/h5,7,10-13,19,21,23-24H,2-4,6,8-9,15-16H2,1H3;/q-1;. The van der Waals surface area contributed by atoms with Gasteiger partial charge in [-0.05, 0) is 36.3 Å². The molecule has 149 valence electrons. The number of rotatable bonds is 9. The van der Waals surface area contributed by atoms with Crippen molar-refractivity contribution < 1.29 is 47.3 Å². The Bertz CT molecular complexity index is 699. The van der Waals surface area contributed by atoms with Crippen molar-refractivity contribution in [3.63, 3.8) is 0 Å². The van der Waals surface area contributed by atoms with Gasteiger partial charge in [-0.2, -0.15) is 12.1 Å². The maximum absolute atomic E-state index is 12.6. The Kier molecular flexibility index (Phi) is 10.5. The average Bonchev–Trinajstić information content (AvgIpc) is 3.20. The number of unbranched alkanes of at least 4 members (excludes halogenated alkanes) is 1. The topological polar surface area (TPSA) is 46.5 Å². The van der Waals surface area contributed by atoms with Gasteiger partial charge in [-0.15, -0.1) is 10.3 Å². The van der Waals surface area contributed by atoms with Crippen molar-refractivity contribution in [3.05, 3.63) is 57.8 Å². The molecule has 28 heavy (non-hydrogen) atoms. The third kappa shape index (κ3) is 6.57. The zero-order chi connectivity index (χ0) is 19.1. The van der Waals surface area contributed by atoms with Gasteiger partial charge in [0, 0.05) is 58.3 Å². The molecule has 1 aromatic carbocycles. The summed E-state index contributed by atoms with van der Waals surface area (Å²) in [6.45, 7) is 3.33. The Hall–Kier alpha value is -0.386. The number of benzene rings is 1.